The first-order valence-corrected chi connectivity index (χ1v) is 8.39. The van der Waals surface area contributed by atoms with Crippen LogP contribution in [0.1, 0.15) is 43.5 Å². The second kappa shape index (κ2) is 8.10. The molecule has 1 saturated heterocycles. The zero-order chi connectivity index (χ0) is 17.7. The first kappa shape index (κ1) is 18.2. The third-order valence-electron chi connectivity index (χ3n) is 4.44. The number of nitro benzene ring substituents is 1. The van der Waals surface area contributed by atoms with E-state index in [1.165, 1.54) is 6.07 Å². The number of rotatable bonds is 7. The van der Waals surface area contributed by atoms with Gasteiger partial charge in [0.1, 0.15) is 5.69 Å². The number of benzene rings is 1. The Kier molecular flexibility index (Phi) is 6.14. The van der Waals surface area contributed by atoms with E-state index in [9.17, 15) is 14.9 Å². The van der Waals surface area contributed by atoms with Crippen molar-refractivity contribution in [3.63, 3.8) is 0 Å². The van der Waals surface area contributed by atoms with Crippen LogP contribution in [-0.4, -0.2) is 41.7 Å². The Labute approximate surface area is 141 Å². The number of hydrogen-bond donors (Lipinski definition) is 2. The lowest BCUT2D eigenvalue weighted by molar-refractivity contribution is -0.384. The van der Waals surface area contributed by atoms with Crippen LogP contribution in [0.4, 0.5) is 11.4 Å². The fraction of sp³-hybridized carbons (Fsp3) is 0.588. The maximum Gasteiger partial charge on any atom is 0.293 e. The van der Waals surface area contributed by atoms with E-state index in [1.807, 2.05) is 18.7 Å². The molecule has 7 nitrogen and oxygen atoms in total. The summed E-state index contributed by atoms with van der Waals surface area (Å²) in [6, 6.07) is 4.47. The Morgan fingerprint density at radius 2 is 2.04 bits per heavy atom. The monoisotopic (exact) mass is 335 g/mol. The molecular formula is C17H25N3O4. The molecule has 132 valence electrons. The third-order valence-corrected chi connectivity index (χ3v) is 4.44. The normalized spacial score (nSPS) is 15.6. The molecule has 24 heavy (non-hydrogen) atoms. The van der Waals surface area contributed by atoms with Crippen molar-refractivity contribution in [2.24, 2.45) is 5.92 Å². The average molecular weight is 335 g/mol. The van der Waals surface area contributed by atoms with Crippen LogP contribution < -0.4 is 10.2 Å². The second-order valence-electron chi connectivity index (χ2n) is 6.49. The summed E-state index contributed by atoms with van der Waals surface area (Å²) in [5, 5.41) is 23.4. The van der Waals surface area contributed by atoms with E-state index < -0.39 is 4.92 Å². The lowest BCUT2D eigenvalue weighted by atomic mass is 10.0. The molecule has 1 aliphatic rings. The van der Waals surface area contributed by atoms with Crippen molar-refractivity contribution in [3.05, 3.63) is 33.9 Å². The van der Waals surface area contributed by atoms with Gasteiger partial charge in [0.05, 0.1) is 4.92 Å². The summed E-state index contributed by atoms with van der Waals surface area (Å²) in [5.74, 6) is -0.182. The highest BCUT2D eigenvalue weighted by Gasteiger charge is 2.24. The quantitative estimate of drug-likeness (QED) is 0.589. The number of carbonyl (C=O) groups is 1. The number of aliphatic hydroxyl groups excluding tert-OH is 1. The fourth-order valence-corrected chi connectivity index (χ4v) is 3.00. The lowest BCUT2D eigenvalue weighted by Crippen LogP contribution is -2.39. The number of hydrogen-bond acceptors (Lipinski definition) is 5. The minimum absolute atomic E-state index is 0.0167. The Hall–Kier alpha value is -2.15. The van der Waals surface area contributed by atoms with Gasteiger partial charge in [0, 0.05) is 37.4 Å². The van der Waals surface area contributed by atoms with Gasteiger partial charge >= 0.3 is 0 Å². The molecule has 0 spiro atoms. The lowest BCUT2D eigenvalue weighted by Gasteiger charge is -2.22. The molecule has 1 aromatic rings. The van der Waals surface area contributed by atoms with Crippen LogP contribution in [0.5, 0.6) is 0 Å². The van der Waals surface area contributed by atoms with Gasteiger partial charge in [-0.3, -0.25) is 14.9 Å². The SMILES string of the molecule is CC(C)C(CCO)NC(=O)c1ccc(N2CCCC2)c([N+](=O)[O-])c1. The number of carbonyl (C=O) groups excluding carboxylic acids is 1. The molecular weight excluding hydrogens is 310 g/mol. The van der Waals surface area contributed by atoms with Crippen LogP contribution in [0.3, 0.4) is 0 Å². The third kappa shape index (κ3) is 4.23. The predicted octanol–water partition coefficient (Wildman–Crippen LogP) is 2.33. The van der Waals surface area contributed by atoms with Gasteiger partial charge in [-0.25, -0.2) is 0 Å². The zero-order valence-corrected chi connectivity index (χ0v) is 14.2. The van der Waals surface area contributed by atoms with E-state index in [-0.39, 0.29) is 35.7 Å². The second-order valence-corrected chi connectivity index (χ2v) is 6.49. The number of nitrogens with zero attached hydrogens (tertiary/aromatic N) is 2. The van der Waals surface area contributed by atoms with E-state index in [4.69, 9.17) is 5.11 Å². The number of aliphatic hydroxyl groups is 1. The maximum absolute atomic E-state index is 12.4. The van der Waals surface area contributed by atoms with E-state index in [1.54, 1.807) is 12.1 Å². The van der Waals surface area contributed by atoms with Crippen LogP contribution >= 0.6 is 0 Å². The molecule has 0 saturated carbocycles. The molecule has 1 aromatic carbocycles. The molecule has 0 aromatic heterocycles. The smallest absolute Gasteiger partial charge is 0.293 e. The minimum Gasteiger partial charge on any atom is -0.396 e. The molecule has 1 amide bonds. The first-order valence-electron chi connectivity index (χ1n) is 8.39. The van der Waals surface area contributed by atoms with Crippen LogP contribution in [0, 0.1) is 16.0 Å². The largest absolute Gasteiger partial charge is 0.396 e. The predicted molar refractivity (Wildman–Crippen MR) is 92.3 cm³/mol. The van der Waals surface area contributed by atoms with Gasteiger partial charge in [-0.05, 0) is 37.3 Å². The molecule has 1 atom stereocenters. The molecule has 2 N–H and O–H groups in total. The number of anilines is 1. The van der Waals surface area contributed by atoms with Crippen molar-refractivity contribution < 1.29 is 14.8 Å². The van der Waals surface area contributed by atoms with Crippen molar-refractivity contribution in [1.82, 2.24) is 5.32 Å². The van der Waals surface area contributed by atoms with Crippen molar-refractivity contribution >= 4 is 17.3 Å². The highest BCUT2D eigenvalue weighted by Crippen LogP contribution is 2.31. The van der Waals surface area contributed by atoms with Gasteiger partial charge in [0.2, 0.25) is 0 Å². The summed E-state index contributed by atoms with van der Waals surface area (Å²) >= 11 is 0. The summed E-state index contributed by atoms with van der Waals surface area (Å²) in [6.45, 7) is 5.51. The molecule has 1 fully saturated rings. The average Bonchev–Trinajstić information content (AvgIpc) is 3.07. The first-order chi connectivity index (χ1) is 11.4. The molecule has 1 aliphatic heterocycles. The summed E-state index contributed by atoms with van der Waals surface area (Å²) in [5.41, 5.74) is 0.811. The Morgan fingerprint density at radius 3 is 2.58 bits per heavy atom. The van der Waals surface area contributed by atoms with Gasteiger partial charge < -0.3 is 15.3 Å². The molecule has 1 unspecified atom stereocenters. The van der Waals surface area contributed by atoms with E-state index in [2.05, 4.69) is 5.32 Å². The van der Waals surface area contributed by atoms with Crippen LogP contribution in [0.2, 0.25) is 0 Å². The van der Waals surface area contributed by atoms with E-state index in [0.717, 1.165) is 25.9 Å². The van der Waals surface area contributed by atoms with Crippen molar-refractivity contribution in [2.75, 3.05) is 24.6 Å². The molecule has 1 heterocycles. The molecule has 0 bridgehead atoms. The number of nitrogens with one attached hydrogen (secondary N) is 1. The summed E-state index contributed by atoms with van der Waals surface area (Å²) < 4.78 is 0. The van der Waals surface area contributed by atoms with Crippen LogP contribution in [-0.2, 0) is 0 Å². The Morgan fingerprint density at radius 1 is 1.38 bits per heavy atom. The van der Waals surface area contributed by atoms with Gasteiger partial charge in [-0.15, -0.1) is 0 Å². The molecule has 0 radical (unpaired) electrons. The van der Waals surface area contributed by atoms with Crippen LogP contribution in [0.15, 0.2) is 18.2 Å². The Balaban J connectivity index is 2.22. The van der Waals surface area contributed by atoms with Crippen LogP contribution in [0.25, 0.3) is 0 Å². The Bertz CT molecular complexity index is 597. The highest BCUT2D eigenvalue weighted by atomic mass is 16.6. The molecule has 2 rings (SSSR count). The van der Waals surface area contributed by atoms with E-state index in [0.29, 0.717) is 12.1 Å². The topological polar surface area (TPSA) is 95.7 Å². The summed E-state index contributed by atoms with van der Waals surface area (Å²) in [6.07, 6.45) is 2.50. The highest BCUT2D eigenvalue weighted by molar-refractivity contribution is 5.96. The summed E-state index contributed by atoms with van der Waals surface area (Å²) in [7, 11) is 0. The maximum atomic E-state index is 12.4. The van der Waals surface area contributed by atoms with Gasteiger partial charge in [0.15, 0.2) is 0 Å². The van der Waals surface area contributed by atoms with Crippen molar-refractivity contribution in [1.29, 1.82) is 0 Å². The fourth-order valence-electron chi connectivity index (χ4n) is 3.00. The zero-order valence-electron chi connectivity index (χ0n) is 14.2. The van der Waals surface area contributed by atoms with Gasteiger partial charge in [0.25, 0.3) is 11.6 Å². The number of nitro groups is 1. The molecule has 0 aliphatic carbocycles. The molecule has 7 heteroatoms. The summed E-state index contributed by atoms with van der Waals surface area (Å²) in [4.78, 5) is 25.4. The van der Waals surface area contributed by atoms with Gasteiger partial charge in [-0.1, -0.05) is 13.8 Å². The van der Waals surface area contributed by atoms with E-state index >= 15 is 0 Å². The van der Waals surface area contributed by atoms with Crippen molar-refractivity contribution in [3.8, 4) is 0 Å². The van der Waals surface area contributed by atoms with Gasteiger partial charge in [-0.2, -0.15) is 0 Å². The minimum atomic E-state index is -0.432. The van der Waals surface area contributed by atoms with Crippen molar-refractivity contribution in [2.45, 2.75) is 39.2 Å². The standard InChI is InChI=1S/C17H25N3O4/c1-12(2)14(7-10-21)18-17(22)13-5-6-15(16(11-13)20(23)24)19-8-3-4-9-19/h5-6,11-12,14,21H,3-4,7-10H2,1-2H3,(H,18,22). The number of amides is 1.